The van der Waals surface area contributed by atoms with Crippen molar-refractivity contribution >= 4 is 23.2 Å². The van der Waals surface area contributed by atoms with E-state index in [1.54, 1.807) is 73.7 Å². The van der Waals surface area contributed by atoms with Crippen LogP contribution in [-0.2, 0) is 4.79 Å². The van der Waals surface area contributed by atoms with E-state index < -0.39 is 6.10 Å². The third-order valence-corrected chi connectivity index (χ3v) is 4.66. The fourth-order valence-electron chi connectivity index (χ4n) is 2.55. The van der Waals surface area contributed by atoms with Gasteiger partial charge < -0.3 is 14.8 Å². The minimum atomic E-state index is -0.696. The van der Waals surface area contributed by atoms with E-state index in [4.69, 9.17) is 26.3 Å². The van der Waals surface area contributed by atoms with Crippen molar-refractivity contribution < 1.29 is 14.3 Å². The number of halogens is 1. The van der Waals surface area contributed by atoms with Crippen molar-refractivity contribution in [2.75, 3.05) is 5.32 Å². The predicted octanol–water partition coefficient (Wildman–Crippen LogP) is 5.72. The number of rotatable bonds is 6. The average Bonchev–Trinajstić information content (AvgIpc) is 2.73. The lowest BCUT2D eigenvalue weighted by Crippen LogP contribution is -2.30. The van der Waals surface area contributed by atoms with Gasteiger partial charge in [0.2, 0.25) is 0 Å². The maximum Gasteiger partial charge on any atom is 0.265 e. The van der Waals surface area contributed by atoms with Crippen molar-refractivity contribution in [3.05, 3.63) is 82.9 Å². The number of hydrogen-bond donors (Lipinski definition) is 1. The van der Waals surface area contributed by atoms with Crippen LogP contribution in [0.5, 0.6) is 17.2 Å². The first kappa shape index (κ1) is 20.2. The van der Waals surface area contributed by atoms with Gasteiger partial charge in [-0.2, -0.15) is 5.26 Å². The first-order valence-corrected chi connectivity index (χ1v) is 9.35. The molecule has 0 aliphatic carbocycles. The maximum atomic E-state index is 12.4. The van der Waals surface area contributed by atoms with E-state index in [1.807, 2.05) is 6.92 Å². The van der Waals surface area contributed by atoms with Gasteiger partial charge in [0.25, 0.3) is 5.91 Å². The molecule has 0 fully saturated rings. The predicted molar refractivity (Wildman–Crippen MR) is 113 cm³/mol. The molecule has 5 nitrogen and oxygen atoms in total. The number of carbonyl (C=O) groups excluding carboxylic acids is 1. The van der Waals surface area contributed by atoms with Crippen LogP contribution in [0.1, 0.15) is 18.1 Å². The summed E-state index contributed by atoms with van der Waals surface area (Å²) in [5.41, 5.74) is 2.03. The molecule has 0 saturated carbocycles. The number of ether oxygens (including phenoxy) is 2. The number of carbonyl (C=O) groups is 1. The summed E-state index contributed by atoms with van der Waals surface area (Å²) in [6.07, 6.45) is -0.696. The Morgan fingerprint density at radius 1 is 1.00 bits per heavy atom. The molecule has 3 aromatic carbocycles. The van der Waals surface area contributed by atoms with Crippen LogP contribution in [0.3, 0.4) is 0 Å². The number of nitrogens with zero attached hydrogens (tertiary/aromatic N) is 1. The first-order valence-electron chi connectivity index (χ1n) is 8.97. The van der Waals surface area contributed by atoms with E-state index in [0.717, 1.165) is 5.56 Å². The lowest BCUT2D eigenvalue weighted by atomic mass is 10.2. The zero-order chi connectivity index (χ0) is 20.8. The van der Waals surface area contributed by atoms with Gasteiger partial charge in [-0.3, -0.25) is 4.79 Å². The molecule has 0 aliphatic rings. The summed E-state index contributed by atoms with van der Waals surface area (Å²) in [7, 11) is 0. The Balaban J connectivity index is 1.59. The molecule has 1 atom stereocenters. The first-order chi connectivity index (χ1) is 14.0. The largest absolute Gasteiger partial charge is 0.481 e. The Kier molecular flexibility index (Phi) is 6.38. The van der Waals surface area contributed by atoms with Crippen LogP contribution in [0.25, 0.3) is 0 Å². The highest BCUT2D eigenvalue weighted by atomic mass is 35.5. The van der Waals surface area contributed by atoms with E-state index in [0.29, 0.717) is 33.5 Å². The molecule has 146 valence electrons. The third kappa shape index (κ3) is 5.28. The number of hydrogen-bond acceptors (Lipinski definition) is 4. The normalized spacial score (nSPS) is 11.2. The van der Waals surface area contributed by atoms with Crippen LogP contribution in [0.2, 0.25) is 5.02 Å². The van der Waals surface area contributed by atoms with Crippen LogP contribution in [0, 0.1) is 18.3 Å². The summed E-state index contributed by atoms with van der Waals surface area (Å²) < 4.78 is 11.4. The summed E-state index contributed by atoms with van der Waals surface area (Å²) in [4.78, 5) is 12.4. The van der Waals surface area contributed by atoms with Crippen molar-refractivity contribution in [2.45, 2.75) is 20.0 Å². The fraction of sp³-hybridized carbons (Fsp3) is 0.130. The van der Waals surface area contributed by atoms with Crippen molar-refractivity contribution in [1.82, 2.24) is 0 Å². The van der Waals surface area contributed by atoms with Crippen molar-refractivity contribution in [2.24, 2.45) is 0 Å². The van der Waals surface area contributed by atoms with Gasteiger partial charge in [-0.05, 0) is 80.1 Å². The molecule has 3 aromatic rings. The molecule has 0 saturated heterocycles. The van der Waals surface area contributed by atoms with E-state index in [9.17, 15) is 4.79 Å². The van der Waals surface area contributed by atoms with E-state index in [2.05, 4.69) is 11.4 Å². The van der Waals surface area contributed by atoms with Crippen LogP contribution >= 0.6 is 11.6 Å². The second kappa shape index (κ2) is 9.13. The molecule has 0 aromatic heterocycles. The molecule has 29 heavy (non-hydrogen) atoms. The van der Waals surface area contributed by atoms with Crippen LogP contribution in [0.15, 0.2) is 66.7 Å². The van der Waals surface area contributed by atoms with Crippen LogP contribution in [-0.4, -0.2) is 12.0 Å². The number of anilines is 1. The Hall–Kier alpha value is -3.49. The van der Waals surface area contributed by atoms with Gasteiger partial charge in [0.15, 0.2) is 6.10 Å². The van der Waals surface area contributed by atoms with Crippen molar-refractivity contribution in [3.8, 4) is 23.3 Å². The Morgan fingerprint density at radius 2 is 1.59 bits per heavy atom. The highest BCUT2D eigenvalue weighted by molar-refractivity contribution is 6.31. The molecule has 1 N–H and O–H groups in total. The number of benzene rings is 3. The van der Waals surface area contributed by atoms with Gasteiger partial charge in [0, 0.05) is 10.7 Å². The topological polar surface area (TPSA) is 71.3 Å². The SMILES string of the molecule is Cc1c(Cl)cccc1NC(=O)C(C)Oc1ccc(Oc2ccc(C#N)cc2)cc1. The van der Waals surface area contributed by atoms with Gasteiger partial charge in [0.1, 0.15) is 17.2 Å². The molecule has 0 radical (unpaired) electrons. The summed E-state index contributed by atoms with van der Waals surface area (Å²) in [5, 5.41) is 12.2. The van der Waals surface area contributed by atoms with Gasteiger partial charge in [-0.25, -0.2) is 0 Å². The smallest absolute Gasteiger partial charge is 0.265 e. The van der Waals surface area contributed by atoms with Crippen molar-refractivity contribution in [3.63, 3.8) is 0 Å². The molecule has 0 heterocycles. The van der Waals surface area contributed by atoms with Crippen molar-refractivity contribution in [1.29, 1.82) is 5.26 Å². The summed E-state index contributed by atoms with van der Waals surface area (Å²) in [6.45, 7) is 3.52. The van der Waals surface area contributed by atoms with Gasteiger partial charge in [-0.1, -0.05) is 17.7 Å². The minimum absolute atomic E-state index is 0.270. The van der Waals surface area contributed by atoms with E-state index >= 15 is 0 Å². The van der Waals surface area contributed by atoms with E-state index in [1.165, 1.54) is 0 Å². The quantitative estimate of drug-likeness (QED) is 0.568. The molecule has 1 unspecified atom stereocenters. The summed E-state index contributed by atoms with van der Waals surface area (Å²) in [5.74, 6) is 1.52. The monoisotopic (exact) mass is 406 g/mol. The van der Waals surface area contributed by atoms with E-state index in [-0.39, 0.29) is 5.91 Å². The van der Waals surface area contributed by atoms with Gasteiger partial charge in [-0.15, -0.1) is 0 Å². The lowest BCUT2D eigenvalue weighted by Gasteiger charge is -2.16. The molecular formula is C23H19ClN2O3. The maximum absolute atomic E-state index is 12.4. The molecule has 6 heteroatoms. The number of nitrogens with one attached hydrogen (secondary N) is 1. The molecule has 1 amide bonds. The van der Waals surface area contributed by atoms with Gasteiger partial charge in [0.05, 0.1) is 11.6 Å². The second-order valence-corrected chi connectivity index (χ2v) is 6.78. The fourth-order valence-corrected chi connectivity index (χ4v) is 2.73. The standard InChI is InChI=1S/C23H19ClN2O3/c1-15-21(24)4-3-5-22(15)26-23(27)16(2)28-18-10-12-20(13-11-18)29-19-8-6-17(14-25)7-9-19/h3-13,16H,1-2H3,(H,26,27). The Morgan fingerprint density at radius 3 is 2.21 bits per heavy atom. The second-order valence-electron chi connectivity index (χ2n) is 6.37. The molecule has 3 rings (SSSR count). The van der Waals surface area contributed by atoms with Crippen LogP contribution in [0.4, 0.5) is 5.69 Å². The van der Waals surface area contributed by atoms with Crippen LogP contribution < -0.4 is 14.8 Å². The molecule has 0 bridgehead atoms. The zero-order valence-corrected chi connectivity index (χ0v) is 16.7. The molecular weight excluding hydrogens is 388 g/mol. The summed E-state index contributed by atoms with van der Waals surface area (Å²) in [6, 6.07) is 21.2. The lowest BCUT2D eigenvalue weighted by molar-refractivity contribution is -0.122. The number of nitriles is 1. The summed E-state index contributed by atoms with van der Waals surface area (Å²) >= 11 is 6.09. The Labute approximate surface area is 174 Å². The third-order valence-electron chi connectivity index (χ3n) is 4.25. The van der Waals surface area contributed by atoms with Gasteiger partial charge >= 0.3 is 0 Å². The zero-order valence-electron chi connectivity index (χ0n) is 16.0. The highest BCUT2D eigenvalue weighted by Gasteiger charge is 2.16. The molecule has 0 spiro atoms. The minimum Gasteiger partial charge on any atom is -0.481 e. The highest BCUT2D eigenvalue weighted by Crippen LogP contribution is 2.26. The average molecular weight is 407 g/mol. The number of amides is 1. The Bertz CT molecular complexity index is 1040. The molecule has 0 aliphatic heterocycles.